The molecular weight excluding hydrogens is 322 g/mol. The maximum Gasteiger partial charge on any atom is 0.255 e. The van der Waals surface area contributed by atoms with Gasteiger partial charge in [-0.15, -0.1) is 23.7 Å². The van der Waals surface area contributed by atoms with Crippen LogP contribution >= 0.6 is 23.7 Å². The lowest BCUT2D eigenvalue weighted by Crippen LogP contribution is -2.29. The molecule has 1 aliphatic carbocycles. The predicted octanol–water partition coefficient (Wildman–Crippen LogP) is 2.67. The van der Waals surface area contributed by atoms with Crippen molar-refractivity contribution in [1.82, 2.24) is 4.98 Å². The summed E-state index contributed by atoms with van der Waals surface area (Å²) in [5.41, 5.74) is 6.76. The van der Waals surface area contributed by atoms with Crippen LogP contribution in [0.3, 0.4) is 0 Å². The molecular formula is C15H24ClN3O2S. The predicted molar refractivity (Wildman–Crippen MR) is 90.8 cm³/mol. The number of rotatable bonds is 3. The number of amides is 1. The molecule has 0 saturated carbocycles. The van der Waals surface area contributed by atoms with Gasteiger partial charge < -0.3 is 10.5 Å². The Hall–Kier alpha value is -0.690. The second-order valence-corrected chi connectivity index (χ2v) is 6.94. The standard InChI is InChI=1S/C15H23N3O2S.ClH/c16-9-10-7-8-12(20-10)14(19)18-15-17-11-5-3-1-2-4-6-13(11)21-15;/h10,12H,1-9,16H2,(H,17,18,19);1H/t10-,12+;/m1./s1. The van der Waals surface area contributed by atoms with E-state index in [0.717, 1.165) is 30.8 Å². The number of carbonyl (C=O) groups is 1. The van der Waals surface area contributed by atoms with E-state index in [1.807, 2.05) is 0 Å². The zero-order chi connectivity index (χ0) is 14.7. The molecule has 124 valence electrons. The highest BCUT2D eigenvalue weighted by Crippen LogP contribution is 2.29. The lowest BCUT2D eigenvalue weighted by molar-refractivity contribution is -0.126. The molecule has 0 unspecified atom stereocenters. The van der Waals surface area contributed by atoms with Crippen molar-refractivity contribution >= 4 is 34.8 Å². The normalized spacial score (nSPS) is 24.8. The molecule has 3 N–H and O–H groups in total. The van der Waals surface area contributed by atoms with E-state index in [0.29, 0.717) is 6.54 Å². The molecule has 22 heavy (non-hydrogen) atoms. The van der Waals surface area contributed by atoms with Gasteiger partial charge in [-0.3, -0.25) is 10.1 Å². The molecule has 2 aliphatic rings. The van der Waals surface area contributed by atoms with Gasteiger partial charge in [0, 0.05) is 11.4 Å². The summed E-state index contributed by atoms with van der Waals surface area (Å²) in [6, 6.07) is 0. The number of anilines is 1. The monoisotopic (exact) mass is 345 g/mol. The molecule has 2 atom stereocenters. The van der Waals surface area contributed by atoms with Crippen molar-refractivity contribution in [2.45, 2.75) is 63.6 Å². The number of halogens is 1. The summed E-state index contributed by atoms with van der Waals surface area (Å²) in [5, 5.41) is 3.66. The van der Waals surface area contributed by atoms with Gasteiger partial charge in [0.1, 0.15) is 6.10 Å². The van der Waals surface area contributed by atoms with Gasteiger partial charge in [0.05, 0.1) is 11.8 Å². The molecule has 0 radical (unpaired) electrons. The molecule has 3 rings (SSSR count). The lowest BCUT2D eigenvalue weighted by atomic mass is 10.0. The fourth-order valence-electron chi connectivity index (χ4n) is 3.02. The maximum absolute atomic E-state index is 12.2. The number of nitrogens with zero attached hydrogens (tertiary/aromatic N) is 1. The third-order valence-electron chi connectivity index (χ3n) is 4.24. The molecule has 1 amide bonds. The summed E-state index contributed by atoms with van der Waals surface area (Å²) >= 11 is 1.63. The number of hydrogen-bond acceptors (Lipinski definition) is 5. The summed E-state index contributed by atoms with van der Waals surface area (Å²) in [7, 11) is 0. The Morgan fingerprint density at radius 2 is 2.05 bits per heavy atom. The van der Waals surface area contributed by atoms with Crippen LogP contribution in [0.2, 0.25) is 0 Å². The van der Waals surface area contributed by atoms with Crippen LogP contribution in [-0.2, 0) is 22.4 Å². The van der Waals surface area contributed by atoms with Gasteiger partial charge in [0.2, 0.25) is 0 Å². The number of nitrogens with two attached hydrogens (primary N) is 1. The SMILES string of the molecule is Cl.NC[C@H]1CC[C@@H](C(=O)Nc2nc3c(s2)CCCCCC3)O1. The second-order valence-electron chi connectivity index (χ2n) is 5.85. The molecule has 0 bridgehead atoms. The van der Waals surface area contributed by atoms with Crippen LogP contribution in [-0.4, -0.2) is 29.6 Å². The zero-order valence-electron chi connectivity index (χ0n) is 12.7. The van der Waals surface area contributed by atoms with Crippen molar-refractivity contribution in [3.63, 3.8) is 0 Å². The first-order valence-corrected chi connectivity index (χ1v) is 8.73. The third-order valence-corrected chi connectivity index (χ3v) is 5.31. The molecule has 0 spiro atoms. The number of carbonyl (C=O) groups excluding carboxylic acids is 1. The van der Waals surface area contributed by atoms with Crippen molar-refractivity contribution in [3.8, 4) is 0 Å². The minimum atomic E-state index is -0.370. The first-order chi connectivity index (χ1) is 10.3. The van der Waals surface area contributed by atoms with Crippen LogP contribution in [0.15, 0.2) is 0 Å². The summed E-state index contributed by atoms with van der Waals surface area (Å²) in [6.07, 6.45) is 8.42. The topological polar surface area (TPSA) is 77.2 Å². The van der Waals surface area contributed by atoms with Gasteiger partial charge in [0.15, 0.2) is 5.13 Å². The molecule has 7 heteroatoms. The Bertz CT molecular complexity index is 483. The van der Waals surface area contributed by atoms with Crippen molar-refractivity contribution in [3.05, 3.63) is 10.6 Å². The average molecular weight is 346 g/mol. The summed E-state index contributed by atoms with van der Waals surface area (Å²) in [6.45, 7) is 0.481. The van der Waals surface area contributed by atoms with Crippen LogP contribution in [0.25, 0.3) is 0 Å². The molecule has 1 aliphatic heterocycles. The first kappa shape index (κ1) is 17.7. The van der Waals surface area contributed by atoms with E-state index in [1.54, 1.807) is 11.3 Å². The van der Waals surface area contributed by atoms with Crippen molar-refractivity contribution in [2.24, 2.45) is 5.73 Å². The van der Waals surface area contributed by atoms with E-state index in [2.05, 4.69) is 10.3 Å². The fraction of sp³-hybridized carbons (Fsp3) is 0.733. The van der Waals surface area contributed by atoms with Crippen LogP contribution in [0.5, 0.6) is 0 Å². The minimum absolute atomic E-state index is 0. The van der Waals surface area contributed by atoms with E-state index >= 15 is 0 Å². The Kier molecular flexibility index (Phi) is 6.62. The van der Waals surface area contributed by atoms with Gasteiger partial charge in [-0.25, -0.2) is 4.98 Å². The fourth-order valence-corrected chi connectivity index (χ4v) is 4.07. The molecule has 1 aromatic rings. The van der Waals surface area contributed by atoms with Crippen molar-refractivity contribution in [1.29, 1.82) is 0 Å². The summed E-state index contributed by atoms with van der Waals surface area (Å²) in [4.78, 5) is 18.2. The zero-order valence-corrected chi connectivity index (χ0v) is 14.3. The molecule has 1 saturated heterocycles. The number of thiazole rings is 1. The van der Waals surface area contributed by atoms with E-state index in [9.17, 15) is 4.79 Å². The number of hydrogen-bond donors (Lipinski definition) is 2. The average Bonchev–Trinajstić information content (AvgIpc) is 3.06. The van der Waals surface area contributed by atoms with Gasteiger partial charge in [-0.1, -0.05) is 12.8 Å². The van der Waals surface area contributed by atoms with Gasteiger partial charge in [-0.05, 0) is 38.5 Å². The second kappa shape index (κ2) is 8.24. The molecule has 5 nitrogen and oxygen atoms in total. The molecule has 2 heterocycles. The number of nitrogens with one attached hydrogen (secondary N) is 1. The molecule has 1 aromatic heterocycles. The Morgan fingerprint density at radius 3 is 2.77 bits per heavy atom. The van der Waals surface area contributed by atoms with E-state index in [-0.39, 0.29) is 30.5 Å². The van der Waals surface area contributed by atoms with Gasteiger partial charge in [0.25, 0.3) is 5.91 Å². The Morgan fingerprint density at radius 1 is 1.27 bits per heavy atom. The van der Waals surface area contributed by atoms with E-state index in [4.69, 9.17) is 10.5 Å². The number of ether oxygens (including phenoxy) is 1. The molecule has 0 aromatic carbocycles. The number of aromatic nitrogens is 1. The van der Waals surface area contributed by atoms with E-state index < -0.39 is 0 Å². The lowest BCUT2D eigenvalue weighted by Gasteiger charge is -2.11. The van der Waals surface area contributed by atoms with Crippen LogP contribution < -0.4 is 11.1 Å². The third kappa shape index (κ3) is 4.19. The summed E-state index contributed by atoms with van der Waals surface area (Å²) in [5.74, 6) is -0.0762. The molecule has 1 fully saturated rings. The first-order valence-electron chi connectivity index (χ1n) is 7.91. The highest BCUT2D eigenvalue weighted by atomic mass is 35.5. The number of fused-ring (bicyclic) bond motifs is 1. The maximum atomic E-state index is 12.2. The largest absolute Gasteiger partial charge is 0.364 e. The highest BCUT2D eigenvalue weighted by Gasteiger charge is 2.30. The summed E-state index contributed by atoms with van der Waals surface area (Å²) < 4.78 is 5.63. The van der Waals surface area contributed by atoms with Crippen LogP contribution in [0.1, 0.15) is 49.1 Å². The Balaban J connectivity index is 0.00000176. The highest BCUT2D eigenvalue weighted by molar-refractivity contribution is 7.15. The Labute approximate surface area is 141 Å². The van der Waals surface area contributed by atoms with E-state index in [1.165, 1.54) is 36.3 Å². The smallest absolute Gasteiger partial charge is 0.255 e. The van der Waals surface area contributed by atoms with Gasteiger partial charge in [-0.2, -0.15) is 0 Å². The number of aryl methyl sites for hydroxylation is 2. The van der Waals surface area contributed by atoms with Crippen molar-refractivity contribution in [2.75, 3.05) is 11.9 Å². The van der Waals surface area contributed by atoms with Crippen LogP contribution in [0.4, 0.5) is 5.13 Å². The minimum Gasteiger partial charge on any atom is -0.364 e. The quantitative estimate of drug-likeness (QED) is 0.882. The van der Waals surface area contributed by atoms with Crippen molar-refractivity contribution < 1.29 is 9.53 Å². The van der Waals surface area contributed by atoms with Gasteiger partial charge >= 0.3 is 0 Å². The van der Waals surface area contributed by atoms with Crippen LogP contribution in [0, 0.1) is 0 Å².